The smallest absolute Gasteiger partial charge is 0.274 e. The number of halogens is 2. The van der Waals surface area contributed by atoms with E-state index in [-0.39, 0.29) is 11.1 Å². The molecule has 1 N–H and O–H groups in total. The van der Waals surface area contributed by atoms with Crippen molar-refractivity contribution in [1.29, 1.82) is 5.26 Å². The van der Waals surface area contributed by atoms with Crippen LogP contribution < -0.4 is 10.2 Å². The molecule has 0 aromatic heterocycles. The second kappa shape index (κ2) is 9.94. The maximum atomic E-state index is 14.1. The Labute approximate surface area is 194 Å². The molecule has 0 heterocycles. The maximum absolute atomic E-state index is 14.1. The Kier molecular flexibility index (Phi) is 6.63. The Bertz CT molecular complexity index is 1400. The minimum atomic E-state index is -0.793. The number of hydrogen-bond acceptors (Lipinski definition) is 4. The molecule has 0 aliphatic carbocycles. The fourth-order valence-electron chi connectivity index (χ4n) is 3.26. The molecule has 0 unspecified atom stereocenters. The van der Waals surface area contributed by atoms with Gasteiger partial charge in [0.05, 0.1) is 23.4 Å². The molecule has 0 bridgehead atoms. The van der Waals surface area contributed by atoms with Gasteiger partial charge in [0.2, 0.25) is 0 Å². The van der Waals surface area contributed by atoms with Crippen molar-refractivity contribution in [2.75, 3.05) is 0 Å². The van der Waals surface area contributed by atoms with Gasteiger partial charge in [-0.3, -0.25) is 4.79 Å². The van der Waals surface area contributed by atoms with Gasteiger partial charge in [0.15, 0.2) is 0 Å². The van der Waals surface area contributed by atoms with Crippen LogP contribution in [0.25, 0.3) is 10.8 Å². The minimum Gasteiger partial charge on any atom is -0.488 e. The van der Waals surface area contributed by atoms with Crippen LogP contribution in [-0.2, 0) is 6.61 Å². The van der Waals surface area contributed by atoms with Crippen molar-refractivity contribution in [3.8, 4) is 11.8 Å². The average Bonchev–Trinajstić information content (AvgIpc) is 2.84. The largest absolute Gasteiger partial charge is 0.488 e. The molecular weight excluding hydrogens is 441 g/mol. The molecule has 5 nitrogen and oxygen atoms in total. The Morgan fingerprint density at radius 3 is 2.64 bits per heavy atom. The highest BCUT2D eigenvalue weighted by Crippen LogP contribution is 2.27. The molecule has 33 heavy (non-hydrogen) atoms. The molecule has 0 aliphatic rings. The molecule has 4 aromatic carbocycles. The number of hydrazone groups is 1. The van der Waals surface area contributed by atoms with Gasteiger partial charge in [0.25, 0.3) is 5.91 Å². The fraction of sp³-hybridized carbons (Fsp3) is 0.0385. The third-order valence-corrected chi connectivity index (χ3v) is 5.19. The van der Waals surface area contributed by atoms with Crippen molar-refractivity contribution in [2.45, 2.75) is 6.61 Å². The normalized spacial score (nSPS) is 10.8. The van der Waals surface area contributed by atoms with E-state index in [0.29, 0.717) is 22.9 Å². The third-order valence-electron chi connectivity index (χ3n) is 4.94. The first kappa shape index (κ1) is 22.0. The van der Waals surface area contributed by atoms with Crippen molar-refractivity contribution in [3.05, 3.63) is 112 Å². The van der Waals surface area contributed by atoms with Gasteiger partial charge in [-0.2, -0.15) is 10.4 Å². The number of nitriles is 1. The molecule has 4 aromatic rings. The summed E-state index contributed by atoms with van der Waals surface area (Å²) in [7, 11) is 0. The fourth-order valence-corrected chi connectivity index (χ4v) is 3.39. The van der Waals surface area contributed by atoms with Gasteiger partial charge < -0.3 is 4.74 Å². The lowest BCUT2D eigenvalue weighted by Crippen LogP contribution is -2.19. The second-order valence-corrected chi connectivity index (χ2v) is 7.56. The molecule has 7 heteroatoms. The van der Waals surface area contributed by atoms with E-state index in [4.69, 9.17) is 21.6 Å². The first-order valence-corrected chi connectivity index (χ1v) is 10.3. The molecule has 0 saturated carbocycles. The predicted octanol–water partition coefficient (Wildman–Crippen LogP) is 5.85. The van der Waals surface area contributed by atoms with Crippen LogP contribution >= 0.6 is 11.6 Å². The standard InChI is InChI=1S/C26H17ClFN3O2/c27-20-9-5-17(6-10-20)16-33-25-12-8-19-3-1-2-4-21(19)23(25)15-30-31-26(32)22-11-7-18(14-29)13-24(22)28/h1-13,15H,16H2,(H,31,32)/b30-15-. The molecule has 1 amide bonds. The lowest BCUT2D eigenvalue weighted by atomic mass is 10.0. The maximum Gasteiger partial charge on any atom is 0.274 e. The zero-order chi connectivity index (χ0) is 23.2. The molecule has 162 valence electrons. The van der Waals surface area contributed by atoms with Crippen molar-refractivity contribution in [3.63, 3.8) is 0 Å². The summed E-state index contributed by atoms with van der Waals surface area (Å²) in [4.78, 5) is 12.4. The van der Waals surface area contributed by atoms with Crippen LogP contribution in [0, 0.1) is 17.1 Å². The summed E-state index contributed by atoms with van der Waals surface area (Å²) in [5.74, 6) is -0.942. The van der Waals surface area contributed by atoms with Gasteiger partial charge in [0.1, 0.15) is 18.2 Å². The summed E-state index contributed by atoms with van der Waals surface area (Å²) in [5.41, 5.74) is 3.87. The number of rotatable bonds is 6. The zero-order valence-corrected chi connectivity index (χ0v) is 18.0. The van der Waals surface area contributed by atoms with Crippen molar-refractivity contribution in [1.82, 2.24) is 5.43 Å². The van der Waals surface area contributed by atoms with Crippen LogP contribution in [-0.4, -0.2) is 12.1 Å². The first-order valence-electron chi connectivity index (χ1n) is 9.97. The summed E-state index contributed by atoms with van der Waals surface area (Å²) in [5, 5.41) is 15.4. The van der Waals surface area contributed by atoms with Crippen LogP contribution in [0.3, 0.4) is 0 Å². The van der Waals surface area contributed by atoms with Crippen LogP contribution in [0.4, 0.5) is 4.39 Å². The highest BCUT2D eigenvalue weighted by molar-refractivity contribution is 6.30. The number of nitrogens with zero attached hydrogens (tertiary/aromatic N) is 2. The molecule has 0 atom stereocenters. The lowest BCUT2D eigenvalue weighted by molar-refractivity contribution is 0.0951. The van der Waals surface area contributed by atoms with Crippen molar-refractivity contribution < 1.29 is 13.9 Å². The molecular formula is C26H17ClFN3O2. The quantitative estimate of drug-likeness (QED) is 0.291. The van der Waals surface area contributed by atoms with Crippen LogP contribution in [0.15, 0.2) is 84.0 Å². The highest BCUT2D eigenvalue weighted by Gasteiger charge is 2.12. The zero-order valence-electron chi connectivity index (χ0n) is 17.3. The average molecular weight is 458 g/mol. The van der Waals surface area contributed by atoms with E-state index in [1.54, 1.807) is 12.1 Å². The van der Waals surface area contributed by atoms with Crippen LogP contribution in [0.1, 0.15) is 27.0 Å². The monoisotopic (exact) mass is 457 g/mol. The van der Waals surface area contributed by atoms with E-state index in [1.807, 2.05) is 54.6 Å². The number of carbonyl (C=O) groups is 1. The van der Waals surface area contributed by atoms with Gasteiger partial charge in [-0.15, -0.1) is 0 Å². The van der Waals surface area contributed by atoms with Gasteiger partial charge in [-0.05, 0) is 52.7 Å². The summed E-state index contributed by atoms with van der Waals surface area (Å²) in [6, 6.07) is 24.3. The number of benzene rings is 4. The van der Waals surface area contributed by atoms with E-state index in [9.17, 15) is 9.18 Å². The Morgan fingerprint density at radius 2 is 1.88 bits per heavy atom. The van der Waals surface area contributed by atoms with Gasteiger partial charge in [-0.1, -0.05) is 54.1 Å². The number of nitrogens with one attached hydrogen (secondary N) is 1. The number of fused-ring (bicyclic) bond motifs is 1. The van der Waals surface area contributed by atoms with E-state index in [2.05, 4.69) is 10.5 Å². The predicted molar refractivity (Wildman–Crippen MR) is 126 cm³/mol. The number of ether oxygens (including phenoxy) is 1. The van der Waals surface area contributed by atoms with E-state index in [0.717, 1.165) is 22.4 Å². The molecule has 0 spiro atoms. The number of hydrogen-bond donors (Lipinski definition) is 1. The minimum absolute atomic E-state index is 0.130. The van der Waals surface area contributed by atoms with Gasteiger partial charge >= 0.3 is 0 Å². The number of carbonyl (C=O) groups excluding carboxylic acids is 1. The SMILES string of the molecule is N#Cc1ccc(C(=O)N/N=C\c2c(OCc3ccc(Cl)cc3)ccc3ccccc23)c(F)c1. The summed E-state index contributed by atoms with van der Waals surface area (Å²) < 4.78 is 20.1. The van der Waals surface area contributed by atoms with Crippen LogP contribution in [0.5, 0.6) is 5.75 Å². The van der Waals surface area contributed by atoms with E-state index in [1.165, 1.54) is 18.3 Å². The lowest BCUT2D eigenvalue weighted by Gasteiger charge is -2.12. The Morgan fingerprint density at radius 1 is 1.09 bits per heavy atom. The van der Waals surface area contributed by atoms with Crippen LogP contribution in [0.2, 0.25) is 5.02 Å². The van der Waals surface area contributed by atoms with E-state index >= 15 is 0 Å². The highest BCUT2D eigenvalue weighted by atomic mass is 35.5. The van der Waals surface area contributed by atoms with E-state index < -0.39 is 11.7 Å². The first-order chi connectivity index (χ1) is 16.0. The molecule has 0 radical (unpaired) electrons. The third kappa shape index (κ3) is 5.17. The molecule has 4 rings (SSSR count). The summed E-state index contributed by atoms with van der Waals surface area (Å²) >= 11 is 5.94. The molecule has 0 saturated heterocycles. The summed E-state index contributed by atoms with van der Waals surface area (Å²) in [6.07, 6.45) is 1.47. The Hall–Kier alpha value is -4.21. The van der Waals surface area contributed by atoms with Crippen molar-refractivity contribution in [2.24, 2.45) is 5.10 Å². The van der Waals surface area contributed by atoms with Gasteiger partial charge in [0, 0.05) is 10.6 Å². The topological polar surface area (TPSA) is 74.5 Å². The Balaban J connectivity index is 1.58. The van der Waals surface area contributed by atoms with Gasteiger partial charge in [-0.25, -0.2) is 9.82 Å². The molecule has 0 fully saturated rings. The number of amides is 1. The van der Waals surface area contributed by atoms with Crippen molar-refractivity contribution >= 4 is 34.5 Å². The summed E-state index contributed by atoms with van der Waals surface area (Å²) in [6.45, 7) is 0.319. The molecule has 0 aliphatic heterocycles. The second-order valence-electron chi connectivity index (χ2n) is 7.12.